The minimum atomic E-state index is 0.238. The summed E-state index contributed by atoms with van der Waals surface area (Å²) in [5.41, 5.74) is 0. The summed E-state index contributed by atoms with van der Waals surface area (Å²) in [6.07, 6.45) is 23.8. The van der Waals surface area contributed by atoms with Crippen LogP contribution in [0.3, 0.4) is 0 Å². The Bertz CT molecular complexity index is 394. The first-order valence-corrected chi connectivity index (χ1v) is 9.99. The largest absolute Gasteiger partial charge is 0.312 e. The van der Waals surface area contributed by atoms with Crippen LogP contribution in [-0.2, 0) is 0 Å². The van der Waals surface area contributed by atoms with E-state index in [-0.39, 0.29) is 3.42 Å². The van der Waals surface area contributed by atoms with Crippen LogP contribution in [0.1, 0.15) is 58.8 Å². The second kappa shape index (κ2) is 10.5. The standard InChI is InChI=1S/C20H33IN/c1-4-7-12-17-22(16-6-3,18-13-8-5-2)19-20(21)14-10-9-11-15-20/h3,9-11,14H,4-5,7-8,12-13,15-19H2,1-2H3/q+1. The molecule has 0 N–H and O–H groups in total. The third-order valence-corrected chi connectivity index (χ3v) is 5.74. The molecule has 0 heterocycles. The number of nitrogens with zero attached hydrogens (tertiary/aromatic N) is 1. The van der Waals surface area contributed by atoms with Gasteiger partial charge in [0.1, 0.15) is 6.54 Å². The van der Waals surface area contributed by atoms with Gasteiger partial charge in [0.05, 0.1) is 23.1 Å². The monoisotopic (exact) mass is 414 g/mol. The molecule has 0 fully saturated rings. The maximum absolute atomic E-state index is 5.77. The molecule has 0 amide bonds. The van der Waals surface area contributed by atoms with Crippen LogP contribution in [0.5, 0.6) is 0 Å². The molecule has 22 heavy (non-hydrogen) atoms. The summed E-state index contributed by atoms with van der Waals surface area (Å²) in [6, 6.07) is 0. The summed E-state index contributed by atoms with van der Waals surface area (Å²) in [6.45, 7) is 9.10. The zero-order chi connectivity index (χ0) is 16.3. The molecule has 0 aliphatic heterocycles. The van der Waals surface area contributed by atoms with Crippen molar-refractivity contribution < 1.29 is 4.48 Å². The van der Waals surface area contributed by atoms with Gasteiger partial charge in [-0.2, -0.15) is 0 Å². The van der Waals surface area contributed by atoms with E-state index in [2.05, 4.69) is 66.7 Å². The number of allylic oxidation sites excluding steroid dienone is 3. The van der Waals surface area contributed by atoms with E-state index in [4.69, 9.17) is 6.42 Å². The van der Waals surface area contributed by atoms with Crippen LogP contribution in [-0.4, -0.2) is 34.1 Å². The van der Waals surface area contributed by atoms with Crippen molar-refractivity contribution in [3.05, 3.63) is 24.3 Å². The third kappa shape index (κ3) is 6.87. The van der Waals surface area contributed by atoms with Crippen LogP contribution in [0.25, 0.3) is 0 Å². The number of unbranched alkanes of at least 4 members (excludes halogenated alkanes) is 4. The normalized spacial score (nSPS) is 21.0. The van der Waals surface area contributed by atoms with Crippen LogP contribution in [0.2, 0.25) is 0 Å². The van der Waals surface area contributed by atoms with E-state index in [1.165, 1.54) is 58.2 Å². The van der Waals surface area contributed by atoms with Gasteiger partial charge in [-0.3, -0.25) is 0 Å². The molecule has 1 aliphatic rings. The molecule has 1 unspecified atom stereocenters. The van der Waals surface area contributed by atoms with E-state index in [1.807, 2.05) is 0 Å². The molecule has 0 aromatic carbocycles. The molecule has 2 heteroatoms. The molecule has 124 valence electrons. The van der Waals surface area contributed by atoms with Gasteiger partial charge in [-0.25, -0.2) is 0 Å². The molecule has 1 atom stereocenters. The molecule has 1 nitrogen and oxygen atoms in total. The van der Waals surface area contributed by atoms with Crippen molar-refractivity contribution in [3.8, 4) is 12.3 Å². The topological polar surface area (TPSA) is 0 Å². The van der Waals surface area contributed by atoms with E-state index in [0.29, 0.717) is 0 Å². The Labute approximate surface area is 152 Å². The number of halogens is 1. The first-order chi connectivity index (χ1) is 10.6. The fourth-order valence-corrected chi connectivity index (χ4v) is 4.57. The van der Waals surface area contributed by atoms with Crippen molar-refractivity contribution in [1.82, 2.24) is 0 Å². The first-order valence-electron chi connectivity index (χ1n) is 8.91. The van der Waals surface area contributed by atoms with Gasteiger partial charge in [-0.15, -0.1) is 6.42 Å². The van der Waals surface area contributed by atoms with Crippen LogP contribution >= 0.6 is 22.6 Å². The lowest BCUT2D eigenvalue weighted by atomic mass is 9.97. The zero-order valence-electron chi connectivity index (χ0n) is 14.5. The zero-order valence-corrected chi connectivity index (χ0v) is 16.6. The number of alkyl halides is 1. The average molecular weight is 414 g/mol. The molecular formula is C20H33IN+. The van der Waals surface area contributed by atoms with Gasteiger partial charge < -0.3 is 4.48 Å². The maximum Gasteiger partial charge on any atom is 0.140 e. The number of quaternary nitrogens is 1. The van der Waals surface area contributed by atoms with Gasteiger partial charge in [-0.1, -0.05) is 73.6 Å². The molecule has 0 aromatic heterocycles. The van der Waals surface area contributed by atoms with Crippen molar-refractivity contribution in [1.29, 1.82) is 0 Å². The van der Waals surface area contributed by atoms with Gasteiger partial charge in [0, 0.05) is 0 Å². The van der Waals surface area contributed by atoms with Crippen molar-refractivity contribution >= 4 is 22.6 Å². The highest BCUT2D eigenvalue weighted by Crippen LogP contribution is 2.33. The Morgan fingerprint density at radius 1 is 1.09 bits per heavy atom. The van der Waals surface area contributed by atoms with Crippen molar-refractivity contribution in [3.63, 3.8) is 0 Å². The van der Waals surface area contributed by atoms with Gasteiger partial charge in [0.25, 0.3) is 0 Å². The highest BCUT2D eigenvalue weighted by molar-refractivity contribution is 14.1. The van der Waals surface area contributed by atoms with E-state index >= 15 is 0 Å². The summed E-state index contributed by atoms with van der Waals surface area (Å²) >= 11 is 2.65. The van der Waals surface area contributed by atoms with Crippen LogP contribution in [0.4, 0.5) is 0 Å². The molecule has 0 saturated carbocycles. The smallest absolute Gasteiger partial charge is 0.140 e. The quantitative estimate of drug-likeness (QED) is 0.138. The summed E-state index contributed by atoms with van der Waals surface area (Å²) in [5, 5.41) is 0. The molecule has 0 bridgehead atoms. The predicted molar refractivity (Wildman–Crippen MR) is 107 cm³/mol. The number of hydrogen-bond donors (Lipinski definition) is 0. The Morgan fingerprint density at radius 3 is 2.18 bits per heavy atom. The second-order valence-electron chi connectivity index (χ2n) is 6.75. The minimum absolute atomic E-state index is 0.238. The Kier molecular flexibility index (Phi) is 9.43. The fourth-order valence-electron chi connectivity index (χ4n) is 3.39. The Hall–Kier alpha value is -0.270. The second-order valence-corrected chi connectivity index (χ2v) is 8.90. The summed E-state index contributed by atoms with van der Waals surface area (Å²) < 4.78 is 1.35. The predicted octanol–water partition coefficient (Wildman–Crippen LogP) is 5.51. The molecule has 0 spiro atoms. The van der Waals surface area contributed by atoms with E-state index < -0.39 is 0 Å². The third-order valence-electron chi connectivity index (χ3n) is 4.60. The van der Waals surface area contributed by atoms with Gasteiger partial charge >= 0.3 is 0 Å². The minimum Gasteiger partial charge on any atom is -0.312 e. The fraction of sp³-hybridized carbons (Fsp3) is 0.700. The van der Waals surface area contributed by atoms with Crippen LogP contribution in [0, 0.1) is 12.3 Å². The lowest BCUT2D eigenvalue weighted by Crippen LogP contribution is -2.55. The van der Waals surface area contributed by atoms with Gasteiger partial charge in [-0.05, 0) is 38.0 Å². The number of rotatable bonds is 11. The SMILES string of the molecule is C#CC[N+](CCCCC)(CCCCC)CC1(I)C=CC=CC1. The highest BCUT2D eigenvalue weighted by atomic mass is 127. The lowest BCUT2D eigenvalue weighted by molar-refractivity contribution is -0.922. The lowest BCUT2D eigenvalue weighted by Gasteiger charge is -2.42. The molecular weight excluding hydrogens is 381 g/mol. The molecule has 0 radical (unpaired) electrons. The Morgan fingerprint density at radius 2 is 1.73 bits per heavy atom. The average Bonchev–Trinajstić information content (AvgIpc) is 2.48. The summed E-state index contributed by atoms with van der Waals surface area (Å²) in [5.74, 6) is 3.00. The van der Waals surface area contributed by atoms with Crippen LogP contribution < -0.4 is 0 Å². The first kappa shape index (κ1) is 19.8. The van der Waals surface area contributed by atoms with Crippen LogP contribution in [0.15, 0.2) is 24.3 Å². The van der Waals surface area contributed by atoms with Crippen molar-refractivity contribution in [2.24, 2.45) is 0 Å². The van der Waals surface area contributed by atoms with Gasteiger partial charge in [0.15, 0.2) is 0 Å². The summed E-state index contributed by atoms with van der Waals surface area (Å²) in [7, 11) is 0. The number of terminal acetylenes is 1. The maximum atomic E-state index is 5.77. The van der Waals surface area contributed by atoms with Crippen molar-refractivity contribution in [2.45, 2.75) is 62.2 Å². The molecule has 0 saturated heterocycles. The Balaban J connectivity index is 2.82. The number of hydrogen-bond acceptors (Lipinski definition) is 0. The van der Waals surface area contributed by atoms with E-state index in [0.717, 1.165) is 17.4 Å². The molecule has 1 aliphatic carbocycles. The summed E-state index contributed by atoms with van der Waals surface area (Å²) in [4.78, 5) is 0. The highest BCUT2D eigenvalue weighted by Gasteiger charge is 2.36. The van der Waals surface area contributed by atoms with E-state index in [9.17, 15) is 0 Å². The van der Waals surface area contributed by atoms with Crippen molar-refractivity contribution in [2.75, 3.05) is 26.2 Å². The molecule has 0 aromatic rings. The molecule has 1 rings (SSSR count). The van der Waals surface area contributed by atoms with E-state index in [1.54, 1.807) is 0 Å². The van der Waals surface area contributed by atoms with Gasteiger partial charge in [0.2, 0.25) is 0 Å².